The van der Waals surface area contributed by atoms with Crippen LogP contribution in [0.4, 0.5) is 4.39 Å². The fraction of sp³-hybridized carbons (Fsp3) is 0.320. The Labute approximate surface area is 222 Å². The van der Waals surface area contributed by atoms with Crippen molar-refractivity contribution in [3.05, 3.63) is 58.9 Å². The number of aliphatic imine (C=N–C) groups is 1. The number of halogens is 1. The lowest BCUT2D eigenvalue weighted by molar-refractivity contribution is -0.126. The third-order valence-electron chi connectivity index (χ3n) is 6.25. The maximum atomic E-state index is 15.2. The molecule has 1 saturated carbocycles. The number of aromatic nitrogens is 1. The zero-order chi connectivity index (χ0) is 27.2. The van der Waals surface area contributed by atoms with Gasteiger partial charge in [0.1, 0.15) is 10.5 Å². The van der Waals surface area contributed by atoms with E-state index in [2.05, 4.69) is 20.6 Å². The lowest BCUT2D eigenvalue weighted by Gasteiger charge is -2.19. The summed E-state index contributed by atoms with van der Waals surface area (Å²) in [5, 5.41) is 3.23. The predicted octanol–water partition coefficient (Wildman–Crippen LogP) is 1.87. The van der Waals surface area contributed by atoms with Crippen molar-refractivity contribution >= 4 is 60.6 Å². The van der Waals surface area contributed by atoms with Gasteiger partial charge in [-0.3, -0.25) is 14.4 Å². The van der Waals surface area contributed by atoms with Crippen LogP contribution in [0.5, 0.6) is 0 Å². The summed E-state index contributed by atoms with van der Waals surface area (Å²) >= 11 is 0.896. The van der Waals surface area contributed by atoms with Crippen LogP contribution in [0.3, 0.4) is 0 Å². The van der Waals surface area contributed by atoms with E-state index in [4.69, 9.17) is 0 Å². The van der Waals surface area contributed by atoms with Crippen LogP contribution in [-0.4, -0.2) is 67.8 Å². The van der Waals surface area contributed by atoms with Gasteiger partial charge in [0, 0.05) is 32.1 Å². The Morgan fingerprint density at radius 1 is 1.21 bits per heavy atom. The number of hydrogen-bond donors (Lipinski definition) is 2. The Morgan fingerprint density at radius 2 is 1.97 bits per heavy atom. The highest BCUT2D eigenvalue weighted by Gasteiger charge is 2.39. The molecule has 13 heteroatoms. The monoisotopic (exact) mass is 557 g/mol. The highest BCUT2D eigenvalue weighted by atomic mass is 32.2. The second-order valence-corrected chi connectivity index (χ2v) is 12.6. The Morgan fingerprint density at radius 3 is 2.68 bits per heavy atom. The molecular formula is C25H24FN5O5S2. The molecule has 2 N–H and O–H groups in total. The van der Waals surface area contributed by atoms with Gasteiger partial charge in [-0.25, -0.2) is 27.1 Å². The molecule has 0 saturated heterocycles. The van der Waals surface area contributed by atoms with Gasteiger partial charge >= 0.3 is 0 Å². The Balaban J connectivity index is 1.46. The molecule has 198 valence electrons. The standard InChI is InChI=1S/C25H24FN5O5S2/c1-31(2)38(35,36)23(24(34)27-12-21(33)28-16-5-6-16)25-30-22-17(26)10-15(11-19(22)37-25)13-3-7-18-14(9-13)4-8-20(32)29-18/h3-4,7-11,14,16,23H,5-6,12H2,1-2H3,(H,27,34)(H,28,33). The number of carbonyl (C=O) groups excluding carboxylic acids is 3. The third-order valence-corrected chi connectivity index (χ3v) is 9.52. The van der Waals surface area contributed by atoms with Crippen molar-refractivity contribution in [3.8, 4) is 0 Å². The van der Waals surface area contributed by atoms with Crippen LogP contribution in [0.1, 0.15) is 28.7 Å². The maximum absolute atomic E-state index is 15.2. The minimum absolute atomic E-state index is 0.0576. The van der Waals surface area contributed by atoms with E-state index in [1.807, 2.05) is 6.08 Å². The first-order valence-electron chi connectivity index (χ1n) is 11.8. The summed E-state index contributed by atoms with van der Waals surface area (Å²) in [6.45, 7) is -0.384. The average Bonchev–Trinajstić information content (AvgIpc) is 3.57. The van der Waals surface area contributed by atoms with E-state index >= 15 is 4.39 Å². The van der Waals surface area contributed by atoms with E-state index in [0.29, 0.717) is 21.5 Å². The van der Waals surface area contributed by atoms with Gasteiger partial charge in [-0.1, -0.05) is 18.2 Å². The highest BCUT2D eigenvalue weighted by molar-refractivity contribution is 7.90. The Hall–Kier alpha value is -3.55. The third kappa shape index (κ3) is 5.22. The number of nitrogens with zero attached hydrogens (tertiary/aromatic N) is 3. The van der Waals surface area contributed by atoms with Gasteiger partial charge in [-0.15, -0.1) is 11.3 Å². The Kier molecular flexibility index (Phi) is 6.84. The normalized spacial score (nSPS) is 19.7. The first-order chi connectivity index (χ1) is 18.0. The van der Waals surface area contributed by atoms with Gasteiger partial charge in [0.25, 0.3) is 5.91 Å². The summed E-state index contributed by atoms with van der Waals surface area (Å²) in [5.41, 5.74) is 1.76. The molecule has 38 heavy (non-hydrogen) atoms. The van der Waals surface area contributed by atoms with Crippen LogP contribution < -0.4 is 10.6 Å². The lowest BCUT2D eigenvalue weighted by atomic mass is 9.89. The van der Waals surface area contributed by atoms with Crippen LogP contribution in [0, 0.1) is 11.7 Å². The number of sulfonamides is 1. The van der Waals surface area contributed by atoms with E-state index in [0.717, 1.165) is 28.5 Å². The first kappa shape index (κ1) is 26.1. The summed E-state index contributed by atoms with van der Waals surface area (Å²) in [6, 6.07) is 3.06. The Bertz CT molecular complexity index is 1580. The smallest absolute Gasteiger partial charge is 0.269 e. The topological polar surface area (TPSA) is 138 Å². The number of fused-ring (bicyclic) bond motifs is 2. The molecule has 0 bridgehead atoms. The largest absolute Gasteiger partial charge is 0.352 e. The van der Waals surface area contributed by atoms with Crippen molar-refractivity contribution < 1.29 is 27.2 Å². The number of dihydropyridines is 1. The van der Waals surface area contributed by atoms with Gasteiger partial charge in [-0.05, 0) is 42.2 Å². The van der Waals surface area contributed by atoms with Crippen LogP contribution in [-0.2, 0) is 24.4 Å². The molecule has 3 amide bonds. The van der Waals surface area contributed by atoms with E-state index in [1.165, 1.54) is 26.2 Å². The SMILES string of the molecule is CN(C)S(=O)(=O)C(C(=O)NCC(=O)NC1CC1)c1nc2c(F)cc(C3=CC4C=CC(=O)N=C4C=C3)cc2s1. The zero-order valence-electron chi connectivity index (χ0n) is 20.5. The minimum atomic E-state index is -4.21. The van der Waals surface area contributed by atoms with Crippen LogP contribution in [0.15, 0.2) is 47.5 Å². The molecule has 2 aliphatic carbocycles. The quantitative estimate of drug-likeness (QED) is 0.508. The van der Waals surface area contributed by atoms with E-state index in [9.17, 15) is 22.8 Å². The molecule has 2 unspecified atom stereocenters. The molecule has 0 radical (unpaired) electrons. The first-order valence-corrected chi connectivity index (χ1v) is 14.1. The summed E-state index contributed by atoms with van der Waals surface area (Å²) < 4.78 is 42.7. The maximum Gasteiger partial charge on any atom is 0.269 e. The van der Waals surface area contributed by atoms with Gasteiger partial charge in [0.15, 0.2) is 5.82 Å². The van der Waals surface area contributed by atoms with Crippen molar-refractivity contribution in [2.24, 2.45) is 10.9 Å². The van der Waals surface area contributed by atoms with E-state index in [-0.39, 0.29) is 34.9 Å². The summed E-state index contributed by atoms with van der Waals surface area (Å²) in [7, 11) is -1.64. The number of rotatable bonds is 8. The number of thiazole rings is 1. The van der Waals surface area contributed by atoms with Gasteiger partial charge in [0.05, 0.1) is 17.0 Å². The molecule has 0 spiro atoms. The average molecular weight is 558 g/mol. The molecule has 1 aromatic heterocycles. The number of nitrogens with one attached hydrogen (secondary N) is 2. The zero-order valence-corrected chi connectivity index (χ0v) is 22.1. The van der Waals surface area contributed by atoms with Crippen molar-refractivity contribution in [2.75, 3.05) is 20.6 Å². The molecule has 2 atom stereocenters. The van der Waals surface area contributed by atoms with E-state index < -0.39 is 32.9 Å². The fourth-order valence-corrected chi connectivity index (χ4v) is 6.66. The number of amides is 3. The van der Waals surface area contributed by atoms with Crippen molar-refractivity contribution in [2.45, 2.75) is 24.1 Å². The molecule has 2 heterocycles. The molecule has 1 aromatic carbocycles. The second-order valence-electron chi connectivity index (χ2n) is 9.34. The van der Waals surface area contributed by atoms with Crippen molar-refractivity contribution in [1.82, 2.24) is 19.9 Å². The fourth-order valence-electron chi connectivity index (χ4n) is 4.07. The number of benzene rings is 1. The van der Waals surface area contributed by atoms with Crippen LogP contribution in [0.2, 0.25) is 0 Å². The number of hydrogen-bond acceptors (Lipinski definition) is 7. The molecule has 10 nitrogen and oxygen atoms in total. The molecule has 1 fully saturated rings. The second kappa shape index (κ2) is 9.97. The van der Waals surface area contributed by atoms with Crippen LogP contribution in [0.25, 0.3) is 15.8 Å². The number of carbonyl (C=O) groups is 3. The minimum Gasteiger partial charge on any atom is -0.352 e. The molecule has 1 aliphatic heterocycles. The van der Waals surface area contributed by atoms with Gasteiger partial charge in [0.2, 0.25) is 27.1 Å². The molecule has 5 rings (SSSR count). The lowest BCUT2D eigenvalue weighted by Crippen LogP contribution is -2.43. The van der Waals surface area contributed by atoms with Gasteiger partial charge in [-0.2, -0.15) is 0 Å². The van der Waals surface area contributed by atoms with Crippen molar-refractivity contribution in [3.63, 3.8) is 0 Å². The summed E-state index contributed by atoms with van der Waals surface area (Å²) in [5.74, 6) is -2.57. The predicted molar refractivity (Wildman–Crippen MR) is 141 cm³/mol. The summed E-state index contributed by atoms with van der Waals surface area (Å²) in [4.78, 5) is 44.8. The van der Waals surface area contributed by atoms with E-state index in [1.54, 1.807) is 24.3 Å². The van der Waals surface area contributed by atoms with Gasteiger partial charge < -0.3 is 10.6 Å². The number of allylic oxidation sites excluding steroid dienone is 5. The summed E-state index contributed by atoms with van der Waals surface area (Å²) in [6.07, 6.45) is 10.1. The van der Waals surface area contributed by atoms with Crippen LogP contribution >= 0.6 is 11.3 Å². The highest BCUT2D eigenvalue weighted by Crippen LogP contribution is 2.36. The molecular weight excluding hydrogens is 533 g/mol. The molecule has 2 aromatic rings. The van der Waals surface area contributed by atoms with Crippen molar-refractivity contribution in [1.29, 1.82) is 0 Å². The molecule has 3 aliphatic rings.